The number of rotatable bonds is 5. The summed E-state index contributed by atoms with van der Waals surface area (Å²) in [7, 11) is 0. The number of hydrogen-bond acceptors (Lipinski definition) is 3. The zero-order chi connectivity index (χ0) is 15.8. The van der Waals surface area contributed by atoms with Gasteiger partial charge in [0.2, 0.25) is 0 Å². The minimum atomic E-state index is -0.271. The Morgan fingerprint density at radius 1 is 1.38 bits per heavy atom. The summed E-state index contributed by atoms with van der Waals surface area (Å²) in [5.41, 5.74) is 0.635. The summed E-state index contributed by atoms with van der Waals surface area (Å²) in [5.74, 6) is 0.0935. The Bertz CT molecular complexity index is 475. The van der Waals surface area contributed by atoms with Gasteiger partial charge in [-0.3, -0.25) is 9.59 Å². The largest absolute Gasteiger partial charge is 0.466 e. The topological polar surface area (TPSA) is 43.4 Å². The van der Waals surface area contributed by atoms with Crippen molar-refractivity contribution >= 4 is 11.8 Å². The van der Waals surface area contributed by atoms with E-state index in [1.54, 1.807) is 0 Å². The molecule has 2 aliphatic rings. The fourth-order valence-electron chi connectivity index (χ4n) is 4.17. The van der Waals surface area contributed by atoms with Gasteiger partial charge in [-0.05, 0) is 43.1 Å². The van der Waals surface area contributed by atoms with Gasteiger partial charge in [-0.2, -0.15) is 0 Å². The Morgan fingerprint density at radius 2 is 2.05 bits per heavy atom. The third-order valence-electron chi connectivity index (χ3n) is 5.93. The molecule has 2 rings (SSSR count). The first-order valence-electron chi connectivity index (χ1n) is 8.22. The molecule has 0 unspecified atom stereocenters. The highest BCUT2D eigenvalue weighted by Gasteiger charge is 2.63. The first kappa shape index (κ1) is 16.3. The molecule has 21 heavy (non-hydrogen) atoms. The van der Waals surface area contributed by atoms with Crippen LogP contribution in [0.5, 0.6) is 0 Å². The quantitative estimate of drug-likeness (QED) is 0.570. The van der Waals surface area contributed by atoms with Crippen LogP contribution in [0, 0.1) is 22.7 Å². The van der Waals surface area contributed by atoms with Crippen LogP contribution in [-0.4, -0.2) is 18.4 Å². The average molecular weight is 292 g/mol. The molecule has 2 saturated carbocycles. The zero-order valence-electron chi connectivity index (χ0n) is 14.0. The molecule has 0 aromatic heterocycles. The second-order valence-corrected chi connectivity index (χ2v) is 7.24. The molecule has 0 aliphatic heterocycles. The van der Waals surface area contributed by atoms with Crippen molar-refractivity contribution in [3.8, 4) is 0 Å². The molecular formula is C18H28O3. The monoisotopic (exact) mass is 292 g/mol. The number of allylic oxidation sites excluding steroid dienone is 1. The number of fused-ring (bicyclic) bond motifs is 2. The maximum Gasteiger partial charge on any atom is 0.312 e. The van der Waals surface area contributed by atoms with Crippen LogP contribution in [0.4, 0.5) is 0 Å². The van der Waals surface area contributed by atoms with E-state index in [0.717, 1.165) is 31.3 Å². The molecule has 2 bridgehead atoms. The summed E-state index contributed by atoms with van der Waals surface area (Å²) >= 11 is 0. The maximum atomic E-state index is 12.8. The number of carbonyl (C=O) groups is 2. The lowest BCUT2D eigenvalue weighted by molar-refractivity contribution is -0.146. The molecule has 0 N–H and O–H groups in total. The number of ketones is 1. The van der Waals surface area contributed by atoms with Gasteiger partial charge in [-0.25, -0.2) is 0 Å². The van der Waals surface area contributed by atoms with Crippen molar-refractivity contribution in [3.63, 3.8) is 0 Å². The van der Waals surface area contributed by atoms with Crippen LogP contribution in [0.15, 0.2) is 11.6 Å². The smallest absolute Gasteiger partial charge is 0.312 e. The average Bonchev–Trinajstić information content (AvgIpc) is 2.72. The molecule has 0 heterocycles. The Hall–Kier alpha value is -1.12. The van der Waals surface area contributed by atoms with E-state index in [1.807, 2.05) is 13.0 Å². The molecule has 0 spiro atoms. The van der Waals surface area contributed by atoms with Crippen LogP contribution in [-0.2, 0) is 14.3 Å². The van der Waals surface area contributed by atoms with Crippen molar-refractivity contribution < 1.29 is 14.3 Å². The fourth-order valence-corrected chi connectivity index (χ4v) is 4.17. The highest BCUT2D eigenvalue weighted by Crippen LogP contribution is 2.65. The second-order valence-electron chi connectivity index (χ2n) is 7.24. The van der Waals surface area contributed by atoms with Gasteiger partial charge in [-0.15, -0.1) is 0 Å². The summed E-state index contributed by atoms with van der Waals surface area (Å²) in [6, 6.07) is 0. The number of esters is 1. The number of hydrogen-bond donors (Lipinski definition) is 0. The standard InChI is InChI=1S/C18H28O3/c1-6-8-12(16(20)21-7-2)11-13-14-9-10-18(5,15(13)19)17(14,3)4/h11-12,14H,6-10H2,1-5H3/b13-11-/t12-,14+,18+/m0/s1. The van der Waals surface area contributed by atoms with Crippen molar-refractivity contribution in [2.45, 2.75) is 60.3 Å². The molecule has 0 amide bonds. The Labute approximate surface area is 128 Å². The van der Waals surface area contributed by atoms with Crippen LogP contribution < -0.4 is 0 Å². The lowest BCUT2D eigenvalue weighted by Gasteiger charge is -2.31. The lowest BCUT2D eigenvalue weighted by atomic mass is 9.70. The number of ether oxygens (including phenoxy) is 1. The van der Waals surface area contributed by atoms with E-state index in [4.69, 9.17) is 4.74 Å². The van der Waals surface area contributed by atoms with Crippen LogP contribution in [0.3, 0.4) is 0 Å². The van der Waals surface area contributed by atoms with Crippen LogP contribution >= 0.6 is 0 Å². The molecular weight excluding hydrogens is 264 g/mol. The van der Waals surface area contributed by atoms with Gasteiger partial charge >= 0.3 is 5.97 Å². The predicted octanol–water partition coefficient (Wildman–Crippen LogP) is 3.92. The molecule has 118 valence electrons. The first-order chi connectivity index (χ1) is 9.79. The van der Waals surface area contributed by atoms with Crippen LogP contribution in [0.2, 0.25) is 0 Å². The van der Waals surface area contributed by atoms with Crippen LogP contribution in [0.25, 0.3) is 0 Å². The normalized spacial score (nSPS) is 33.5. The Kier molecular flexibility index (Phi) is 4.32. The van der Waals surface area contributed by atoms with Gasteiger partial charge in [0.1, 0.15) is 0 Å². The Morgan fingerprint density at radius 3 is 2.52 bits per heavy atom. The van der Waals surface area contributed by atoms with E-state index >= 15 is 0 Å². The highest BCUT2D eigenvalue weighted by molar-refractivity contribution is 6.05. The minimum Gasteiger partial charge on any atom is -0.466 e. The minimum absolute atomic E-state index is 0.00133. The molecule has 0 saturated heterocycles. The van der Waals surface area contributed by atoms with E-state index in [0.29, 0.717) is 12.5 Å². The highest BCUT2D eigenvalue weighted by atomic mass is 16.5. The van der Waals surface area contributed by atoms with Crippen molar-refractivity contribution in [3.05, 3.63) is 11.6 Å². The summed E-state index contributed by atoms with van der Waals surface area (Å²) in [6.45, 7) is 10.8. The second kappa shape index (κ2) is 5.58. The molecule has 2 aliphatic carbocycles. The third kappa shape index (κ3) is 2.35. The molecule has 3 nitrogen and oxygen atoms in total. The van der Waals surface area contributed by atoms with Crippen molar-refractivity contribution in [1.29, 1.82) is 0 Å². The molecule has 3 atom stereocenters. The van der Waals surface area contributed by atoms with E-state index in [1.165, 1.54) is 0 Å². The Balaban J connectivity index is 2.32. The summed E-state index contributed by atoms with van der Waals surface area (Å²) in [4.78, 5) is 24.9. The lowest BCUT2D eigenvalue weighted by Crippen LogP contribution is -2.32. The molecule has 2 fully saturated rings. The molecule has 3 heteroatoms. The SMILES string of the molecule is CCC[C@@H](/C=C1\C(=O)[C@@]2(C)CC[C@H]1C2(C)C)C(=O)OCC. The van der Waals surface area contributed by atoms with Crippen LogP contribution in [0.1, 0.15) is 60.3 Å². The van der Waals surface area contributed by atoms with Gasteiger partial charge in [0.25, 0.3) is 0 Å². The van der Waals surface area contributed by atoms with Crippen molar-refractivity contribution in [1.82, 2.24) is 0 Å². The van der Waals surface area contributed by atoms with Gasteiger partial charge in [-0.1, -0.05) is 40.2 Å². The van der Waals surface area contributed by atoms with E-state index in [-0.39, 0.29) is 28.5 Å². The molecule has 0 radical (unpaired) electrons. The van der Waals surface area contributed by atoms with Gasteiger partial charge in [0, 0.05) is 5.41 Å². The zero-order valence-corrected chi connectivity index (χ0v) is 14.0. The van der Waals surface area contributed by atoms with Gasteiger partial charge < -0.3 is 4.74 Å². The predicted molar refractivity (Wildman–Crippen MR) is 82.7 cm³/mol. The molecule has 0 aromatic rings. The fraction of sp³-hybridized carbons (Fsp3) is 0.778. The number of Topliss-reactive ketones (excluding diaryl/α,β-unsaturated/α-hetero) is 1. The van der Waals surface area contributed by atoms with E-state index in [9.17, 15) is 9.59 Å². The summed E-state index contributed by atoms with van der Waals surface area (Å²) < 4.78 is 5.16. The maximum absolute atomic E-state index is 12.8. The number of carbonyl (C=O) groups excluding carboxylic acids is 2. The summed E-state index contributed by atoms with van der Waals surface area (Å²) in [5, 5.41) is 0. The van der Waals surface area contributed by atoms with Gasteiger partial charge in [0.15, 0.2) is 5.78 Å². The van der Waals surface area contributed by atoms with E-state index in [2.05, 4.69) is 27.7 Å². The van der Waals surface area contributed by atoms with E-state index < -0.39 is 0 Å². The first-order valence-corrected chi connectivity index (χ1v) is 8.22. The van der Waals surface area contributed by atoms with Gasteiger partial charge in [0.05, 0.1) is 12.5 Å². The third-order valence-corrected chi connectivity index (χ3v) is 5.93. The van der Waals surface area contributed by atoms with Crippen molar-refractivity contribution in [2.24, 2.45) is 22.7 Å². The molecule has 0 aromatic carbocycles. The summed E-state index contributed by atoms with van der Waals surface area (Å²) in [6.07, 6.45) is 5.62. The van der Waals surface area contributed by atoms with Crippen molar-refractivity contribution in [2.75, 3.05) is 6.61 Å².